The standard InChI is InChI=1S/C19H19N2OS.ClHO4/c1-20-17(14-8-4-2-5-9-14)18(15-10-6-3-7-11-15)21-12-16(22)13-23-19(20)21;2-1(3,4)5/h2-11,16,22H,12-13H2,1H3;(H,2,3,4,5)/q+1;/p-1. The van der Waals surface area contributed by atoms with Crippen molar-refractivity contribution in [1.29, 1.82) is 0 Å². The number of nitrogens with zero attached hydrogens (tertiary/aromatic N) is 2. The van der Waals surface area contributed by atoms with Crippen LogP contribution in [0.4, 0.5) is 0 Å². The number of thioether (sulfide) groups is 1. The zero-order valence-corrected chi connectivity index (χ0v) is 16.6. The Balaban J connectivity index is 0.000000403. The molecule has 0 fully saturated rings. The second-order valence-corrected chi connectivity index (χ2v) is 7.97. The molecule has 1 aromatic heterocycles. The molecule has 0 saturated heterocycles. The smallest absolute Gasteiger partial charge is 0.318 e. The van der Waals surface area contributed by atoms with Crippen molar-refractivity contribution in [3.8, 4) is 22.5 Å². The molecule has 1 aliphatic heterocycles. The highest BCUT2D eigenvalue weighted by Gasteiger charge is 2.35. The molecule has 0 radical (unpaired) electrons. The number of rotatable bonds is 2. The number of benzene rings is 2. The number of aliphatic hydroxyl groups excluding tert-OH is 1. The van der Waals surface area contributed by atoms with Crippen molar-refractivity contribution in [3.05, 3.63) is 60.7 Å². The molecule has 148 valence electrons. The Morgan fingerprint density at radius 3 is 2.00 bits per heavy atom. The van der Waals surface area contributed by atoms with E-state index in [4.69, 9.17) is 18.6 Å². The van der Waals surface area contributed by atoms with Crippen LogP contribution in [0.25, 0.3) is 22.5 Å². The zero-order valence-electron chi connectivity index (χ0n) is 15.0. The second kappa shape index (κ2) is 8.62. The largest absolute Gasteiger partial charge is 0.388 e. The highest BCUT2D eigenvalue weighted by Crippen LogP contribution is 2.36. The van der Waals surface area contributed by atoms with Crippen LogP contribution >= 0.6 is 11.8 Å². The molecule has 1 aliphatic rings. The lowest BCUT2D eigenvalue weighted by Crippen LogP contribution is -2.68. The predicted molar refractivity (Wildman–Crippen MR) is 93.2 cm³/mol. The normalized spacial score (nSPS) is 16.1. The van der Waals surface area contributed by atoms with E-state index in [0.29, 0.717) is 6.54 Å². The first-order chi connectivity index (χ1) is 13.3. The maximum atomic E-state index is 10.1. The number of fused-ring (bicyclic) bond motifs is 1. The summed E-state index contributed by atoms with van der Waals surface area (Å²) in [6.45, 7) is 0.646. The van der Waals surface area contributed by atoms with Gasteiger partial charge in [-0.2, -0.15) is 0 Å². The summed E-state index contributed by atoms with van der Waals surface area (Å²) < 4.78 is 38.5. The van der Waals surface area contributed by atoms with Gasteiger partial charge in [0.1, 0.15) is 12.6 Å². The molecule has 3 aromatic rings. The van der Waals surface area contributed by atoms with E-state index in [0.717, 1.165) is 5.75 Å². The molecule has 0 amide bonds. The van der Waals surface area contributed by atoms with Crippen LogP contribution in [0, 0.1) is 10.2 Å². The highest BCUT2D eigenvalue weighted by atomic mass is 35.7. The van der Waals surface area contributed by atoms with E-state index in [9.17, 15) is 5.11 Å². The maximum absolute atomic E-state index is 10.1. The first-order valence-corrected chi connectivity index (χ1v) is 10.6. The van der Waals surface area contributed by atoms with Gasteiger partial charge in [-0.15, -0.1) is 10.2 Å². The molecule has 0 spiro atoms. The fourth-order valence-electron chi connectivity index (χ4n) is 3.25. The number of hydrogen-bond donors (Lipinski definition) is 1. The molecular weight excluding hydrogens is 404 g/mol. The quantitative estimate of drug-likeness (QED) is 0.494. The van der Waals surface area contributed by atoms with E-state index in [-0.39, 0.29) is 6.10 Å². The molecule has 7 nitrogen and oxygen atoms in total. The van der Waals surface area contributed by atoms with Crippen LogP contribution in [0.15, 0.2) is 65.8 Å². The molecule has 2 heterocycles. The molecule has 1 N–H and O–H groups in total. The Morgan fingerprint density at radius 2 is 1.46 bits per heavy atom. The predicted octanol–water partition coefficient (Wildman–Crippen LogP) is -1.64. The summed E-state index contributed by atoms with van der Waals surface area (Å²) in [6.07, 6.45) is -0.300. The van der Waals surface area contributed by atoms with Crippen molar-refractivity contribution in [2.24, 2.45) is 7.05 Å². The van der Waals surface area contributed by atoms with Crippen LogP contribution in [-0.2, 0) is 13.6 Å². The average Bonchev–Trinajstić information content (AvgIpc) is 2.93. The first kappa shape index (κ1) is 20.8. The molecule has 1 atom stereocenters. The van der Waals surface area contributed by atoms with Gasteiger partial charge in [0.2, 0.25) is 0 Å². The first-order valence-electron chi connectivity index (χ1n) is 8.41. The Labute approximate surface area is 168 Å². The fourth-order valence-corrected chi connectivity index (χ4v) is 4.31. The maximum Gasteiger partial charge on any atom is 0.318 e. The topological polar surface area (TPSA) is 121 Å². The van der Waals surface area contributed by atoms with Gasteiger partial charge in [-0.3, -0.25) is 0 Å². The summed E-state index contributed by atoms with van der Waals surface area (Å²) >= 11 is 1.72. The zero-order chi connectivity index (χ0) is 20.3. The molecule has 9 heteroatoms. The van der Waals surface area contributed by atoms with Crippen LogP contribution in [0.1, 0.15) is 0 Å². The van der Waals surface area contributed by atoms with Crippen LogP contribution in [0.3, 0.4) is 0 Å². The number of halogens is 1. The van der Waals surface area contributed by atoms with Crippen molar-refractivity contribution in [2.75, 3.05) is 5.75 Å². The molecule has 0 bridgehead atoms. The Morgan fingerprint density at radius 1 is 0.964 bits per heavy atom. The Kier molecular flexibility index (Phi) is 6.41. The molecule has 4 rings (SSSR count). The van der Waals surface area contributed by atoms with Crippen LogP contribution in [-0.4, -0.2) is 21.5 Å². The van der Waals surface area contributed by atoms with Crippen molar-refractivity contribution >= 4 is 11.8 Å². The summed E-state index contributed by atoms with van der Waals surface area (Å²) in [4.78, 5) is 0. The van der Waals surface area contributed by atoms with Gasteiger partial charge in [-0.05, 0) is 11.8 Å². The molecule has 0 saturated carbocycles. The molecule has 2 aromatic carbocycles. The number of aliphatic hydroxyl groups is 1. The summed E-state index contributed by atoms with van der Waals surface area (Å²) in [5.41, 5.74) is 4.77. The van der Waals surface area contributed by atoms with Crippen molar-refractivity contribution in [2.45, 2.75) is 17.8 Å². The molecule has 1 unspecified atom stereocenters. The van der Waals surface area contributed by atoms with Crippen molar-refractivity contribution in [1.82, 2.24) is 4.57 Å². The number of hydrogen-bond acceptors (Lipinski definition) is 6. The summed E-state index contributed by atoms with van der Waals surface area (Å²) in [5, 5.41) is 11.3. The van der Waals surface area contributed by atoms with E-state index >= 15 is 0 Å². The van der Waals surface area contributed by atoms with Gasteiger partial charge in [0.15, 0.2) is 11.4 Å². The third kappa shape index (κ3) is 4.92. The van der Waals surface area contributed by atoms with Gasteiger partial charge in [-0.25, -0.2) is 27.8 Å². The van der Waals surface area contributed by atoms with Gasteiger partial charge in [0.05, 0.1) is 7.05 Å². The van der Waals surface area contributed by atoms with Gasteiger partial charge in [-0.1, -0.05) is 60.7 Å². The van der Waals surface area contributed by atoms with Crippen molar-refractivity contribution < 1.29 is 38.6 Å². The van der Waals surface area contributed by atoms with E-state index in [1.165, 1.54) is 27.7 Å². The van der Waals surface area contributed by atoms with Gasteiger partial charge in [0, 0.05) is 16.9 Å². The van der Waals surface area contributed by atoms with Crippen molar-refractivity contribution in [3.63, 3.8) is 0 Å². The third-order valence-electron chi connectivity index (χ3n) is 4.24. The van der Waals surface area contributed by atoms with Gasteiger partial charge >= 0.3 is 5.16 Å². The van der Waals surface area contributed by atoms with Crippen LogP contribution in [0.2, 0.25) is 0 Å². The minimum absolute atomic E-state index is 0.300. The number of aromatic nitrogens is 2. The van der Waals surface area contributed by atoms with E-state index in [2.05, 4.69) is 64.7 Å². The monoisotopic (exact) mass is 422 g/mol. The highest BCUT2D eigenvalue weighted by molar-refractivity contribution is 7.99. The lowest BCUT2D eigenvalue weighted by atomic mass is 10.0. The van der Waals surface area contributed by atoms with Crippen LogP contribution < -0.4 is 23.2 Å². The van der Waals surface area contributed by atoms with Gasteiger partial charge < -0.3 is 5.11 Å². The Bertz CT molecular complexity index is 923. The SMILES string of the molecule is C[n+]1c(-c2ccccc2)c(-c2ccccc2)n2c1SCC(O)C2.[O-][Cl+3]([O-])([O-])[O-]. The summed E-state index contributed by atoms with van der Waals surface area (Å²) in [7, 11) is -2.83. The minimum atomic E-state index is -4.94. The minimum Gasteiger partial charge on any atom is -0.388 e. The summed E-state index contributed by atoms with van der Waals surface area (Å²) in [5.74, 6) is 0.750. The lowest BCUT2D eigenvalue weighted by Gasteiger charge is -2.17. The lowest BCUT2D eigenvalue weighted by molar-refractivity contribution is -2.00. The molecule has 28 heavy (non-hydrogen) atoms. The average molecular weight is 423 g/mol. The van der Waals surface area contributed by atoms with Crippen LogP contribution in [0.5, 0.6) is 0 Å². The van der Waals surface area contributed by atoms with E-state index in [1.807, 2.05) is 12.1 Å². The second-order valence-electron chi connectivity index (χ2n) is 6.22. The molecular formula is C19H19ClN2O5S. The number of imidazole rings is 1. The fraction of sp³-hybridized carbons (Fsp3) is 0.211. The Hall–Kier alpha value is -1.91. The molecule has 0 aliphatic carbocycles. The van der Waals surface area contributed by atoms with E-state index in [1.54, 1.807) is 11.8 Å². The van der Waals surface area contributed by atoms with E-state index < -0.39 is 10.2 Å². The summed E-state index contributed by atoms with van der Waals surface area (Å²) in [6, 6.07) is 20.9. The van der Waals surface area contributed by atoms with Gasteiger partial charge in [0.25, 0.3) is 0 Å². The third-order valence-corrected chi connectivity index (χ3v) is 5.54.